The molecule has 0 unspecified atom stereocenters. The molecule has 14 N–H and O–H groups in total. The molecule has 246 valence electrons. The number of rotatable bonds is 21. The van der Waals surface area contributed by atoms with E-state index in [-0.39, 0.29) is 43.9 Å². The van der Waals surface area contributed by atoms with Crippen LogP contribution in [0.15, 0.2) is 35.3 Å². The van der Waals surface area contributed by atoms with E-state index in [4.69, 9.17) is 22.9 Å². The van der Waals surface area contributed by atoms with Crippen molar-refractivity contribution in [1.82, 2.24) is 21.3 Å². The van der Waals surface area contributed by atoms with E-state index in [1.54, 1.807) is 0 Å². The number of nitrogens with two attached hydrogens (primary N) is 4. The van der Waals surface area contributed by atoms with Gasteiger partial charge in [0.15, 0.2) is 5.96 Å². The molecule has 0 aliphatic heterocycles. The fourth-order valence-electron chi connectivity index (χ4n) is 3.97. The molecule has 1 aromatic rings. The van der Waals surface area contributed by atoms with Gasteiger partial charge in [0.2, 0.25) is 23.6 Å². The molecule has 4 amide bonds. The summed E-state index contributed by atoms with van der Waals surface area (Å²) in [6, 6.07) is 2.97. The molecule has 0 heterocycles. The van der Waals surface area contributed by atoms with Crippen molar-refractivity contribution in [3.63, 3.8) is 0 Å². The minimum absolute atomic E-state index is 0.0134. The summed E-state index contributed by atoms with van der Waals surface area (Å²) in [6.45, 7) is -0.368. The van der Waals surface area contributed by atoms with E-state index in [2.05, 4.69) is 38.9 Å². The molecule has 0 radical (unpaired) electrons. The van der Waals surface area contributed by atoms with E-state index in [1.165, 1.54) is 0 Å². The number of carbonyl (C=O) groups is 5. The van der Waals surface area contributed by atoms with E-state index in [0.717, 1.165) is 5.56 Å². The third kappa shape index (κ3) is 14.5. The molecule has 44 heavy (non-hydrogen) atoms. The number of thiol groups is 1. The number of aliphatic hydroxyl groups excluding tert-OH is 1. The Balaban J connectivity index is 3.08. The number of hydrogen-bond donors (Lipinski definition) is 11. The summed E-state index contributed by atoms with van der Waals surface area (Å²) in [7, 11) is 0. The summed E-state index contributed by atoms with van der Waals surface area (Å²) < 4.78 is 0. The minimum atomic E-state index is -1.53. The minimum Gasteiger partial charge on any atom is -0.480 e. The number of carboxylic acids is 1. The van der Waals surface area contributed by atoms with Crippen molar-refractivity contribution < 1.29 is 34.2 Å². The average molecular weight is 640 g/mol. The quantitative estimate of drug-likeness (QED) is 0.0274. The fourth-order valence-corrected chi connectivity index (χ4v) is 4.22. The lowest BCUT2D eigenvalue weighted by Gasteiger charge is -2.26. The molecule has 5 atom stereocenters. The Bertz CT molecular complexity index is 1110. The number of aliphatic carboxylic acids is 1. The Morgan fingerprint density at radius 1 is 0.795 bits per heavy atom. The molecular weight excluding hydrogens is 594 g/mol. The number of hydrogen-bond acceptors (Lipinski definition) is 10. The zero-order valence-electron chi connectivity index (χ0n) is 24.5. The average Bonchev–Trinajstić information content (AvgIpc) is 2.99. The lowest BCUT2D eigenvalue weighted by molar-refractivity contribution is -0.142. The van der Waals surface area contributed by atoms with Gasteiger partial charge in [0.25, 0.3) is 0 Å². The molecule has 17 heteroatoms. The molecule has 0 fully saturated rings. The van der Waals surface area contributed by atoms with Gasteiger partial charge in [0, 0.05) is 12.3 Å². The Labute approximate surface area is 261 Å². The van der Waals surface area contributed by atoms with Crippen LogP contribution in [-0.2, 0) is 30.4 Å². The van der Waals surface area contributed by atoms with Crippen molar-refractivity contribution in [2.45, 2.75) is 68.7 Å². The number of aliphatic hydroxyl groups is 1. The molecule has 0 aliphatic carbocycles. The summed E-state index contributed by atoms with van der Waals surface area (Å²) in [4.78, 5) is 67.2. The SMILES string of the molecule is NCCCC[C@H](NC(=O)[C@@H](N)Cc1ccccc1)C(=O)N[C@@H](CCCN=C(N)N)C(=O)N[C@@H](CO)C(=O)N[C@@H](CS)C(=O)O. The Morgan fingerprint density at radius 3 is 1.84 bits per heavy atom. The Hall–Kier alpha value is -3.93. The van der Waals surface area contributed by atoms with Crippen LogP contribution in [-0.4, -0.2) is 101 Å². The van der Waals surface area contributed by atoms with Gasteiger partial charge in [-0.25, -0.2) is 4.79 Å². The number of unbranched alkanes of at least 4 members (excludes halogenated alkanes) is 1. The zero-order valence-corrected chi connectivity index (χ0v) is 25.4. The van der Waals surface area contributed by atoms with Crippen molar-refractivity contribution >= 4 is 48.2 Å². The standard InChI is InChI=1S/C27H45N9O7S/c28-11-5-4-9-18(33-22(38)17(29)13-16-7-2-1-3-8-16)23(39)34-19(10-6-12-32-27(30)31)24(40)35-20(14-37)25(41)36-21(15-44)26(42)43/h1-3,7-8,17-21,37,44H,4-6,9-15,28-29H2,(H,33,38)(H,34,39)(H,35,40)(H,36,41)(H,42,43)(H4,30,31,32)/t17-,18-,19-,20-,21-/m0/s1. The van der Waals surface area contributed by atoms with Gasteiger partial charge in [-0.2, -0.15) is 12.6 Å². The maximum Gasteiger partial charge on any atom is 0.327 e. The largest absolute Gasteiger partial charge is 0.480 e. The van der Waals surface area contributed by atoms with Crippen molar-refractivity contribution in [2.75, 3.05) is 25.4 Å². The highest BCUT2D eigenvalue weighted by Crippen LogP contribution is 2.07. The first-order valence-electron chi connectivity index (χ1n) is 14.1. The molecule has 0 spiro atoms. The maximum atomic E-state index is 13.4. The van der Waals surface area contributed by atoms with Crippen LogP contribution >= 0.6 is 12.6 Å². The van der Waals surface area contributed by atoms with Crippen LogP contribution in [0.5, 0.6) is 0 Å². The van der Waals surface area contributed by atoms with Crippen molar-refractivity contribution in [2.24, 2.45) is 27.9 Å². The third-order valence-electron chi connectivity index (χ3n) is 6.41. The summed E-state index contributed by atoms with van der Waals surface area (Å²) >= 11 is 3.87. The topological polar surface area (TPSA) is 290 Å². The predicted molar refractivity (Wildman–Crippen MR) is 167 cm³/mol. The maximum absolute atomic E-state index is 13.4. The first-order chi connectivity index (χ1) is 20.9. The molecule has 1 aromatic carbocycles. The second-order valence-electron chi connectivity index (χ2n) is 9.98. The highest BCUT2D eigenvalue weighted by molar-refractivity contribution is 7.80. The van der Waals surface area contributed by atoms with Crippen LogP contribution in [0.4, 0.5) is 0 Å². The molecule has 0 saturated carbocycles. The molecule has 0 aromatic heterocycles. The molecule has 0 saturated heterocycles. The van der Waals surface area contributed by atoms with Crippen LogP contribution in [0, 0.1) is 0 Å². The van der Waals surface area contributed by atoms with Gasteiger partial charge < -0.3 is 54.4 Å². The van der Waals surface area contributed by atoms with E-state index >= 15 is 0 Å². The molecule has 1 rings (SSSR count). The number of aliphatic imine (C=N–C) groups is 1. The summed E-state index contributed by atoms with van der Waals surface area (Å²) in [5, 5.41) is 28.7. The Kier molecular flexibility index (Phi) is 18.1. The third-order valence-corrected chi connectivity index (χ3v) is 6.77. The molecule has 16 nitrogen and oxygen atoms in total. The summed E-state index contributed by atoms with van der Waals surface area (Å²) in [5.74, 6) is -4.82. The zero-order chi connectivity index (χ0) is 33.1. The van der Waals surface area contributed by atoms with E-state index in [9.17, 15) is 34.2 Å². The van der Waals surface area contributed by atoms with Crippen LogP contribution < -0.4 is 44.2 Å². The number of nitrogens with one attached hydrogen (secondary N) is 4. The fraction of sp³-hybridized carbons (Fsp3) is 0.556. The lowest BCUT2D eigenvalue weighted by atomic mass is 10.0. The van der Waals surface area contributed by atoms with Crippen molar-refractivity contribution in [1.29, 1.82) is 0 Å². The first-order valence-corrected chi connectivity index (χ1v) is 14.8. The van der Waals surface area contributed by atoms with Gasteiger partial charge in [-0.3, -0.25) is 24.2 Å². The number of carbonyl (C=O) groups excluding carboxylic acids is 4. The second-order valence-corrected chi connectivity index (χ2v) is 10.3. The van der Waals surface area contributed by atoms with Gasteiger partial charge in [-0.1, -0.05) is 30.3 Å². The highest BCUT2D eigenvalue weighted by atomic mass is 32.1. The number of guanidine groups is 1. The first kappa shape index (κ1) is 38.1. The van der Waals surface area contributed by atoms with Crippen LogP contribution in [0.25, 0.3) is 0 Å². The number of amides is 4. The van der Waals surface area contributed by atoms with Crippen LogP contribution in [0.2, 0.25) is 0 Å². The lowest BCUT2D eigenvalue weighted by Crippen LogP contribution is -2.59. The second kappa shape index (κ2) is 20.9. The molecular formula is C27H45N9O7S. The van der Waals surface area contributed by atoms with Gasteiger partial charge in [-0.15, -0.1) is 0 Å². The highest BCUT2D eigenvalue weighted by Gasteiger charge is 2.31. The molecule has 0 bridgehead atoms. The van der Waals surface area contributed by atoms with Crippen LogP contribution in [0.1, 0.15) is 37.7 Å². The van der Waals surface area contributed by atoms with Crippen LogP contribution in [0.3, 0.4) is 0 Å². The monoisotopic (exact) mass is 639 g/mol. The normalized spacial score (nSPS) is 14.2. The van der Waals surface area contributed by atoms with Gasteiger partial charge >= 0.3 is 5.97 Å². The summed E-state index contributed by atoms with van der Waals surface area (Å²) in [6.07, 6.45) is 1.76. The Morgan fingerprint density at radius 2 is 1.32 bits per heavy atom. The van der Waals surface area contributed by atoms with E-state index in [1.807, 2.05) is 30.3 Å². The molecule has 0 aliphatic rings. The number of nitrogens with zero attached hydrogens (tertiary/aromatic N) is 1. The van der Waals surface area contributed by atoms with Crippen molar-refractivity contribution in [3.05, 3.63) is 35.9 Å². The number of benzene rings is 1. The van der Waals surface area contributed by atoms with Gasteiger partial charge in [0.05, 0.1) is 12.6 Å². The van der Waals surface area contributed by atoms with Gasteiger partial charge in [0.1, 0.15) is 24.2 Å². The predicted octanol–water partition coefficient (Wildman–Crippen LogP) is -3.32. The smallest absolute Gasteiger partial charge is 0.327 e. The van der Waals surface area contributed by atoms with Crippen molar-refractivity contribution in [3.8, 4) is 0 Å². The summed E-state index contributed by atoms with van der Waals surface area (Å²) in [5.41, 5.74) is 23.3. The van der Waals surface area contributed by atoms with E-state index in [0.29, 0.717) is 19.4 Å². The number of carboxylic acid groups (broad SMARTS) is 1. The van der Waals surface area contributed by atoms with E-state index < -0.39 is 66.4 Å². The van der Waals surface area contributed by atoms with Gasteiger partial charge in [-0.05, 0) is 50.6 Å².